The van der Waals surface area contributed by atoms with Gasteiger partial charge in [-0.05, 0) is 6.92 Å². The number of rotatable bonds is 4. The van der Waals surface area contributed by atoms with E-state index in [1.807, 2.05) is 0 Å². The van der Waals surface area contributed by atoms with E-state index in [1.165, 1.54) is 17.1 Å². The maximum absolute atomic E-state index is 11.6. The van der Waals surface area contributed by atoms with E-state index < -0.39 is 10.0 Å². The molecule has 1 rings (SSSR count). The molecule has 6 nitrogen and oxygen atoms in total. The molecule has 0 unspecified atom stereocenters. The third kappa shape index (κ3) is 2.53. The summed E-state index contributed by atoms with van der Waals surface area (Å²) in [5.41, 5.74) is 5.31. The summed E-state index contributed by atoms with van der Waals surface area (Å²) in [6, 6.07) is -0.278. The van der Waals surface area contributed by atoms with Gasteiger partial charge in [-0.15, -0.1) is 0 Å². The highest BCUT2D eigenvalue weighted by Crippen LogP contribution is 2.06. The van der Waals surface area contributed by atoms with Crippen LogP contribution in [0.1, 0.15) is 6.92 Å². The molecule has 1 heterocycles. The molecule has 0 aliphatic heterocycles. The van der Waals surface area contributed by atoms with E-state index in [-0.39, 0.29) is 17.5 Å². The van der Waals surface area contributed by atoms with E-state index in [0.29, 0.717) is 0 Å². The number of nitrogens with two attached hydrogens (primary N) is 1. The zero-order valence-electron chi connectivity index (χ0n) is 8.14. The van der Waals surface area contributed by atoms with Gasteiger partial charge in [-0.1, -0.05) is 0 Å². The predicted octanol–water partition coefficient (Wildman–Crippen LogP) is -0.954. The molecule has 1 atom stereocenters. The van der Waals surface area contributed by atoms with Gasteiger partial charge >= 0.3 is 0 Å². The molecule has 0 saturated heterocycles. The van der Waals surface area contributed by atoms with Crippen molar-refractivity contribution < 1.29 is 8.42 Å². The van der Waals surface area contributed by atoms with Crippen LogP contribution in [0.5, 0.6) is 0 Å². The first-order valence-electron chi connectivity index (χ1n) is 4.17. The van der Waals surface area contributed by atoms with Crippen molar-refractivity contribution >= 4 is 10.0 Å². The number of nitrogens with zero attached hydrogens (tertiary/aromatic N) is 2. The Morgan fingerprint density at radius 2 is 2.36 bits per heavy atom. The highest BCUT2D eigenvalue weighted by molar-refractivity contribution is 7.89. The summed E-state index contributed by atoms with van der Waals surface area (Å²) in [4.78, 5) is 0.153. The van der Waals surface area contributed by atoms with Crippen molar-refractivity contribution in [3.8, 4) is 0 Å². The first-order chi connectivity index (χ1) is 6.45. The predicted molar refractivity (Wildman–Crippen MR) is 52.0 cm³/mol. The number of hydrogen-bond acceptors (Lipinski definition) is 4. The number of aromatic nitrogens is 2. The number of nitrogens with one attached hydrogen (secondary N) is 1. The van der Waals surface area contributed by atoms with Crippen LogP contribution < -0.4 is 10.5 Å². The Labute approximate surface area is 83.1 Å². The molecule has 0 bridgehead atoms. The summed E-state index contributed by atoms with van der Waals surface area (Å²) < 4.78 is 27.1. The third-order valence-electron chi connectivity index (χ3n) is 1.70. The molecule has 1 aromatic rings. The smallest absolute Gasteiger partial charge is 0.243 e. The summed E-state index contributed by atoms with van der Waals surface area (Å²) >= 11 is 0. The van der Waals surface area contributed by atoms with Gasteiger partial charge in [-0.2, -0.15) is 5.10 Å². The Balaban J connectivity index is 2.86. The molecule has 0 radical (unpaired) electrons. The quantitative estimate of drug-likeness (QED) is 0.681. The number of sulfonamides is 1. The average Bonchev–Trinajstić information content (AvgIpc) is 2.51. The minimum atomic E-state index is -3.46. The number of hydrogen-bond donors (Lipinski definition) is 2. The Kier molecular flexibility index (Phi) is 3.25. The fraction of sp³-hybridized carbons (Fsp3) is 0.571. The minimum absolute atomic E-state index is 0.153. The van der Waals surface area contributed by atoms with Gasteiger partial charge in [0, 0.05) is 25.8 Å². The van der Waals surface area contributed by atoms with Crippen molar-refractivity contribution in [2.75, 3.05) is 6.54 Å². The van der Waals surface area contributed by atoms with Crippen molar-refractivity contribution in [2.24, 2.45) is 12.8 Å². The normalized spacial score (nSPS) is 14.2. The van der Waals surface area contributed by atoms with Crippen LogP contribution in [0, 0.1) is 0 Å². The molecule has 0 aliphatic carbocycles. The van der Waals surface area contributed by atoms with Gasteiger partial charge in [0.05, 0.1) is 6.20 Å². The maximum Gasteiger partial charge on any atom is 0.243 e. The lowest BCUT2D eigenvalue weighted by Gasteiger charge is -2.09. The summed E-state index contributed by atoms with van der Waals surface area (Å²) in [6.07, 6.45) is 2.73. The van der Waals surface area contributed by atoms with Gasteiger partial charge in [0.2, 0.25) is 10.0 Å². The van der Waals surface area contributed by atoms with E-state index >= 15 is 0 Å². The van der Waals surface area contributed by atoms with Crippen LogP contribution in [-0.4, -0.2) is 30.8 Å². The summed E-state index contributed by atoms with van der Waals surface area (Å²) in [5.74, 6) is 0. The molecule has 0 aliphatic rings. The largest absolute Gasteiger partial charge is 0.329 e. The van der Waals surface area contributed by atoms with Crippen molar-refractivity contribution in [3.63, 3.8) is 0 Å². The molecule has 0 fully saturated rings. The van der Waals surface area contributed by atoms with Gasteiger partial charge in [-0.25, -0.2) is 13.1 Å². The second-order valence-corrected chi connectivity index (χ2v) is 4.82. The number of aryl methyl sites for hydroxylation is 1. The van der Waals surface area contributed by atoms with Crippen molar-refractivity contribution in [1.29, 1.82) is 0 Å². The molecule has 0 spiro atoms. The minimum Gasteiger partial charge on any atom is -0.329 e. The lowest BCUT2D eigenvalue weighted by molar-refractivity contribution is 0.562. The lowest BCUT2D eigenvalue weighted by Crippen LogP contribution is -2.37. The second-order valence-electron chi connectivity index (χ2n) is 3.11. The van der Waals surface area contributed by atoms with E-state index in [1.54, 1.807) is 14.0 Å². The molecular formula is C7H14N4O2S. The molecule has 0 saturated carbocycles. The van der Waals surface area contributed by atoms with E-state index in [4.69, 9.17) is 5.73 Å². The van der Waals surface area contributed by atoms with Gasteiger partial charge in [0.15, 0.2) is 0 Å². The van der Waals surface area contributed by atoms with E-state index in [9.17, 15) is 8.42 Å². The fourth-order valence-electron chi connectivity index (χ4n) is 0.919. The zero-order valence-corrected chi connectivity index (χ0v) is 8.95. The topological polar surface area (TPSA) is 90.0 Å². The Bertz CT molecular complexity index is 398. The SMILES string of the molecule is C[C@H](CN)NS(=O)(=O)c1cnn(C)c1. The van der Waals surface area contributed by atoms with Crippen molar-refractivity contribution in [2.45, 2.75) is 17.9 Å². The van der Waals surface area contributed by atoms with Crippen molar-refractivity contribution in [1.82, 2.24) is 14.5 Å². The van der Waals surface area contributed by atoms with Crippen LogP contribution in [0.4, 0.5) is 0 Å². The van der Waals surface area contributed by atoms with Gasteiger partial charge < -0.3 is 5.73 Å². The van der Waals surface area contributed by atoms with Gasteiger partial charge in [0.25, 0.3) is 0 Å². The lowest BCUT2D eigenvalue weighted by atomic mass is 10.4. The first-order valence-corrected chi connectivity index (χ1v) is 5.65. The van der Waals surface area contributed by atoms with Crippen LogP contribution >= 0.6 is 0 Å². The average molecular weight is 218 g/mol. The van der Waals surface area contributed by atoms with Gasteiger partial charge in [-0.3, -0.25) is 4.68 Å². The monoisotopic (exact) mass is 218 g/mol. The second kappa shape index (κ2) is 4.07. The van der Waals surface area contributed by atoms with Crippen LogP contribution in [0.25, 0.3) is 0 Å². The first kappa shape index (κ1) is 11.2. The molecule has 14 heavy (non-hydrogen) atoms. The Hall–Kier alpha value is -0.920. The van der Waals surface area contributed by atoms with Crippen LogP contribution in [0.15, 0.2) is 17.3 Å². The summed E-state index contributed by atoms with van der Waals surface area (Å²) in [5, 5.41) is 3.78. The van der Waals surface area contributed by atoms with Crippen LogP contribution in [0.3, 0.4) is 0 Å². The third-order valence-corrected chi connectivity index (χ3v) is 3.25. The molecule has 1 aromatic heterocycles. The molecule has 3 N–H and O–H groups in total. The summed E-state index contributed by atoms with van der Waals surface area (Å²) in [7, 11) is -1.81. The zero-order chi connectivity index (χ0) is 10.8. The highest BCUT2D eigenvalue weighted by Gasteiger charge is 2.17. The molecule has 7 heteroatoms. The maximum atomic E-state index is 11.6. The highest BCUT2D eigenvalue weighted by atomic mass is 32.2. The molecular weight excluding hydrogens is 204 g/mol. The van der Waals surface area contributed by atoms with Crippen LogP contribution in [0.2, 0.25) is 0 Å². The Morgan fingerprint density at radius 3 is 2.79 bits per heavy atom. The summed E-state index contributed by atoms with van der Waals surface area (Å²) in [6.45, 7) is 1.97. The Morgan fingerprint density at radius 1 is 1.71 bits per heavy atom. The van der Waals surface area contributed by atoms with Crippen LogP contribution in [-0.2, 0) is 17.1 Å². The van der Waals surface area contributed by atoms with Crippen molar-refractivity contribution in [3.05, 3.63) is 12.4 Å². The van der Waals surface area contributed by atoms with Gasteiger partial charge in [0.1, 0.15) is 4.90 Å². The molecule has 0 amide bonds. The molecule has 0 aromatic carbocycles. The van der Waals surface area contributed by atoms with E-state index in [2.05, 4.69) is 9.82 Å². The molecule has 80 valence electrons. The standard InChI is InChI=1S/C7H14N4O2S/c1-6(3-8)10-14(12,13)7-4-9-11(2)5-7/h4-6,10H,3,8H2,1-2H3/t6-/m1/s1. The van der Waals surface area contributed by atoms with E-state index in [0.717, 1.165) is 0 Å². The fourth-order valence-corrected chi connectivity index (χ4v) is 2.16.